The van der Waals surface area contributed by atoms with Gasteiger partial charge in [0.25, 0.3) is 0 Å². The first-order chi connectivity index (χ1) is 36.6. The number of benzene rings is 9. The molecule has 0 aromatic heterocycles. The van der Waals surface area contributed by atoms with Crippen molar-refractivity contribution in [2.75, 3.05) is 0 Å². The molecule has 2 unspecified atom stereocenters. The Morgan fingerprint density at radius 1 is 0.303 bits per heavy atom. The van der Waals surface area contributed by atoms with Crippen LogP contribution in [0, 0.1) is 83.1 Å². The zero-order valence-corrected chi connectivity index (χ0v) is 50.3. The van der Waals surface area contributed by atoms with Crippen LogP contribution in [-0.2, 0) is 8.49 Å². The van der Waals surface area contributed by atoms with E-state index in [-0.39, 0.29) is 11.8 Å². The molecule has 2 heterocycles. The normalized spacial score (nSPS) is 18.6. The first kappa shape index (κ1) is 47.8. The molecule has 9 aromatic carbocycles. The molecule has 3 aliphatic carbocycles. The summed E-state index contributed by atoms with van der Waals surface area (Å²) < 4.78 is 22.3. The van der Waals surface area contributed by atoms with Gasteiger partial charge in [-0.2, -0.15) is 0 Å². The van der Waals surface area contributed by atoms with Crippen LogP contribution in [-0.4, -0.2) is 27.2 Å². The molecule has 0 bridgehead atoms. The average Bonchev–Trinajstić information content (AvgIpc) is 2.67. The zero-order chi connectivity index (χ0) is 52.5. The van der Waals surface area contributed by atoms with Gasteiger partial charge in [0.15, 0.2) is 0 Å². The number of rotatable bonds is 4. The molecule has 2 aliphatic heterocycles. The summed E-state index contributed by atoms with van der Waals surface area (Å²) in [6.45, 7) is 28.1. The molecule has 14 rings (SSSR count). The van der Waals surface area contributed by atoms with E-state index < -0.39 is 35.7 Å². The average molecular weight is 1110 g/mol. The van der Waals surface area contributed by atoms with Crippen molar-refractivity contribution < 1.29 is 7.53 Å². The number of fused-ring (bicyclic) bond motifs is 12. The molecule has 4 heteroatoms. The quantitative estimate of drug-likeness (QED) is 0.129. The van der Waals surface area contributed by atoms with Gasteiger partial charge in [0.1, 0.15) is 0 Å². The predicted molar refractivity (Wildman–Crippen MR) is 320 cm³/mol. The fourth-order valence-electron chi connectivity index (χ4n) is 17.6. The van der Waals surface area contributed by atoms with Crippen LogP contribution in [0.3, 0.4) is 0 Å². The fraction of sp³-hybridized carbons (Fsp3) is 0.222. The molecule has 76 heavy (non-hydrogen) atoms. The van der Waals surface area contributed by atoms with E-state index >= 15 is 0 Å². The van der Waals surface area contributed by atoms with Gasteiger partial charge in [-0.25, -0.2) is 0 Å². The summed E-state index contributed by atoms with van der Waals surface area (Å²) in [7, 11) is 0. The van der Waals surface area contributed by atoms with E-state index in [0.29, 0.717) is 0 Å². The predicted octanol–water partition coefficient (Wildman–Crippen LogP) is 14.4. The number of aryl methyl sites for hydroxylation is 12. The van der Waals surface area contributed by atoms with Gasteiger partial charge in [-0.3, -0.25) is 0 Å². The fourth-order valence-corrected chi connectivity index (χ4v) is 44.0. The molecule has 374 valence electrons. The Balaban J connectivity index is 1.21. The number of allylic oxidation sites excluding steroid dienone is 2. The second-order valence-electron chi connectivity index (χ2n) is 23.7. The third-order valence-electron chi connectivity index (χ3n) is 19.0. The van der Waals surface area contributed by atoms with Crippen molar-refractivity contribution >= 4 is 44.8 Å². The third kappa shape index (κ3) is 5.75. The van der Waals surface area contributed by atoms with Crippen molar-refractivity contribution in [1.29, 1.82) is 0 Å². The van der Waals surface area contributed by atoms with Gasteiger partial charge in [0.05, 0.1) is 0 Å². The van der Waals surface area contributed by atoms with E-state index in [0.717, 1.165) is 11.5 Å². The van der Waals surface area contributed by atoms with E-state index in [1.54, 1.807) is 0 Å². The Bertz CT molecular complexity index is 3520. The summed E-state index contributed by atoms with van der Waals surface area (Å²) in [5.41, 5.74) is 29.2. The Morgan fingerprint density at radius 3 is 0.763 bits per heavy atom. The molecule has 2 atom stereocenters. The second-order valence-corrected chi connectivity index (χ2v) is 37.8. The third-order valence-corrected chi connectivity index (χ3v) is 42.0. The van der Waals surface area contributed by atoms with E-state index in [9.17, 15) is 0 Å². The van der Waals surface area contributed by atoms with Gasteiger partial charge in [-0.05, 0) is 0 Å². The standard InChI is InChI=1S/C72H66Ge2O2/c1-41-33-45(5)67(46(6)34-41)73(68-47(7)35-42(2)36-48(68)8)71(57-25-17-13-21-53(57)54-22-14-18-26-58(54)71)61-29-30-62-66-64(32-31-63(75-73)65(61)66)76-74(69-49(9)37-43(3)38-50(69)10,70-51(11)39-44(4)40-52(70)12)72(62)59-27-19-15-23-55(59)56-24-16-20-28-60(56)72/h13-40,61-62H,1-12H3. The Hall–Kier alpha value is -6.59. The maximum absolute atomic E-state index is 8.89. The first-order valence-corrected chi connectivity index (χ1v) is 35.6. The molecule has 0 fully saturated rings. The Labute approximate surface area is 456 Å². The zero-order valence-electron chi connectivity index (χ0n) is 46.1. The van der Waals surface area contributed by atoms with E-state index in [4.69, 9.17) is 7.53 Å². The van der Waals surface area contributed by atoms with E-state index in [1.165, 1.54) is 140 Å². The van der Waals surface area contributed by atoms with Crippen LogP contribution in [0.2, 0.25) is 0 Å². The molecule has 9 aromatic rings. The molecular weight excluding hydrogens is 1040 g/mol. The van der Waals surface area contributed by atoms with Gasteiger partial charge >= 0.3 is 460 Å². The van der Waals surface area contributed by atoms with Crippen molar-refractivity contribution in [3.63, 3.8) is 0 Å². The molecule has 0 saturated heterocycles. The van der Waals surface area contributed by atoms with Crippen molar-refractivity contribution in [3.8, 4) is 33.8 Å². The molecule has 2 nitrogen and oxygen atoms in total. The van der Waals surface area contributed by atoms with Gasteiger partial charge in [0, 0.05) is 0 Å². The number of hydrogen-bond donors (Lipinski definition) is 0. The van der Waals surface area contributed by atoms with Crippen LogP contribution < -0.4 is 25.1 Å². The summed E-state index contributed by atoms with van der Waals surface area (Å²) in [5, 5.41) is 0. The van der Waals surface area contributed by atoms with Crippen molar-refractivity contribution in [2.24, 2.45) is 0 Å². The molecule has 2 spiro atoms. The van der Waals surface area contributed by atoms with Crippen LogP contribution in [0.1, 0.15) is 112 Å². The molecule has 0 saturated carbocycles. The Morgan fingerprint density at radius 2 is 0.526 bits per heavy atom. The second kappa shape index (κ2) is 16.5. The summed E-state index contributed by atoms with van der Waals surface area (Å²) >= 11 is -9.12. The first-order valence-electron chi connectivity index (χ1n) is 27.6. The molecule has 0 radical (unpaired) electrons. The maximum atomic E-state index is 8.89. The van der Waals surface area contributed by atoms with E-state index in [2.05, 4.69) is 253 Å². The summed E-state index contributed by atoms with van der Waals surface area (Å²) in [6, 6.07) is 62.1. The van der Waals surface area contributed by atoms with Crippen molar-refractivity contribution in [1.82, 2.24) is 0 Å². The summed E-state index contributed by atoms with van der Waals surface area (Å²) in [6.07, 6.45) is 5.51. The van der Waals surface area contributed by atoms with Gasteiger partial charge in [0.2, 0.25) is 0 Å². The molecule has 0 amide bonds. The molecule has 5 aliphatic rings. The Kier molecular flexibility index (Phi) is 10.4. The van der Waals surface area contributed by atoms with Crippen LogP contribution >= 0.6 is 0 Å². The number of hydrogen-bond acceptors (Lipinski definition) is 2. The SMILES string of the molecule is Cc1cc(C)[c]([Ge]2([c]3c(C)cc(C)cc3C)[O]c3ccc4c5c3C(C=CC5[C]3(c5ccccc5-c5ccccc53)[Ge]([c]3c(C)cc(C)cc3C)([c]3c(C)cc(C)cc3C)[O]4)[C]23c2ccccc2-c2ccccc23)c(C)c1. The van der Waals surface area contributed by atoms with E-state index in [1.807, 2.05) is 0 Å². The minimum absolute atomic E-state index is 0.0920. The van der Waals surface area contributed by atoms with Crippen molar-refractivity contribution in [2.45, 2.75) is 103 Å². The summed E-state index contributed by atoms with van der Waals surface area (Å²) in [4.78, 5) is 0. The van der Waals surface area contributed by atoms with Crippen LogP contribution in [0.4, 0.5) is 0 Å². The molecular formula is C72H66Ge2O2. The van der Waals surface area contributed by atoms with Crippen LogP contribution in [0.5, 0.6) is 11.5 Å². The topological polar surface area (TPSA) is 18.5 Å². The summed E-state index contributed by atoms with van der Waals surface area (Å²) in [5.74, 6) is 1.86. The molecule has 0 N–H and O–H groups in total. The van der Waals surface area contributed by atoms with Gasteiger partial charge < -0.3 is 0 Å². The van der Waals surface area contributed by atoms with Gasteiger partial charge in [-0.1, -0.05) is 0 Å². The van der Waals surface area contributed by atoms with Crippen LogP contribution in [0.15, 0.2) is 170 Å². The monoisotopic (exact) mass is 1110 g/mol. The van der Waals surface area contributed by atoms with Crippen LogP contribution in [0.25, 0.3) is 22.3 Å². The van der Waals surface area contributed by atoms with Crippen molar-refractivity contribution in [3.05, 3.63) is 270 Å². The minimum atomic E-state index is -4.56. The van der Waals surface area contributed by atoms with Gasteiger partial charge in [-0.15, -0.1) is 0 Å².